The fraction of sp³-hybridized carbons (Fsp3) is 0.300. The summed E-state index contributed by atoms with van der Waals surface area (Å²) in [7, 11) is 0. The number of rotatable bonds is 4. The molecule has 7 nitrogen and oxygen atoms in total. The van der Waals surface area contributed by atoms with Gasteiger partial charge in [-0.2, -0.15) is 5.10 Å². The van der Waals surface area contributed by atoms with Crippen molar-refractivity contribution in [2.75, 3.05) is 23.3 Å². The summed E-state index contributed by atoms with van der Waals surface area (Å²) in [6.07, 6.45) is 9.51. The van der Waals surface area contributed by atoms with Crippen LogP contribution in [0.3, 0.4) is 0 Å². The zero-order chi connectivity index (χ0) is 18.5. The number of nitrogens with one attached hydrogen (secondary N) is 1. The molecule has 1 amide bonds. The van der Waals surface area contributed by atoms with Crippen molar-refractivity contribution in [3.05, 3.63) is 60.8 Å². The fourth-order valence-corrected chi connectivity index (χ4v) is 3.37. The third kappa shape index (κ3) is 3.97. The number of hydrogen-bond acceptors (Lipinski definition) is 5. The molecule has 3 aromatic rings. The summed E-state index contributed by atoms with van der Waals surface area (Å²) in [5, 5.41) is 7.12. The predicted molar refractivity (Wildman–Crippen MR) is 104 cm³/mol. The SMILES string of the molecule is O=C(Nc1ccccc1N1CCCCCC1)c1ccnc(-n2cncn2)c1. The lowest BCUT2D eigenvalue weighted by Gasteiger charge is -2.25. The van der Waals surface area contributed by atoms with Crippen LogP contribution in [0.25, 0.3) is 5.82 Å². The van der Waals surface area contributed by atoms with E-state index < -0.39 is 0 Å². The number of anilines is 2. The van der Waals surface area contributed by atoms with E-state index in [-0.39, 0.29) is 5.91 Å². The van der Waals surface area contributed by atoms with Gasteiger partial charge in [0.2, 0.25) is 0 Å². The third-order valence-corrected chi connectivity index (χ3v) is 4.76. The molecule has 4 rings (SSSR count). The van der Waals surface area contributed by atoms with Crippen molar-refractivity contribution in [3.8, 4) is 5.82 Å². The molecule has 0 atom stereocenters. The number of aromatic nitrogens is 4. The standard InChI is InChI=1S/C20H22N6O/c27-20(16-9-10-22-19(13-16)26-15-21-14-23-26)24-17-7-3-4-8-18(17)25-11-5-1-2-6-12-25/h3-4,7-10,13-15H,1-2,5-6,11-12H2,(H,24,27). The van der Waals surface area contributed by atoms with Gasteiger partial charge in [-0.1, -0.05) is 25.0 Å². The van der Waals surface area contributed by atoms with Gasteiger partial charge in [0.05, 0.1) is 11.4 Å². The largest absolute Gasteiger partial charge is 0.370 e. The molecule has 1 aromatic carbocycles. The Bertz CT molecular complexity index is 900. The Hall–Kier alpha value is -3.22. The number of benzene rings is 1. The summed E-state index contributed by atoms with van der Waals surface area (Å²) in [6.45, 7) is 2.05. The zero-order valence-corrected chi connectivity index (χ0v) is 15.1. The van der Waals surface area contributed by atoms with Crippen molar-refractivity contribution < 1.29 is 4.79 Å². The molecule has 2 aromatic heterocycles. The van der Waals surface area contributed by atoms with Crippen LogP contribution in [0.15, 0.2) is 55.2 Å². The highest BCUT2D eigenvalue weighted by Crippen LogP contribution is 2.28. The second-order valence-corrected chi connectivity index (χ2v) is 6.62. The molecule has 7 heteroatoms. The van der Waals surface area contributed by atoms with Crippen LogP contribution in [0.2, 0.25) is 0 Å². The molecule has 27 heavy (non-hydrogen) atoms. The number of pyridine rings is 1. The first kappa shape index (κ1) is 17.2. The zero-order valence-electron chi connectivity index (χ0n) is 15.1. The number of nitrogens with zero attached hydrogens (tertiary/aromatic N) is 5. The van der Waals surface area contributed by atoms with Gasteiger partial charge >= 0.3 is 0 Å². The van der Waals surface area contributed by atoms with Gasteiger partial charge in [0.1, 0.15) is 12.7 Å². The van der Waals surface area contributed by atoms with Crippen LogP contribution in [0.1, 0.15) is 36.0 Å². The monoisotopic (exact) mass is 362 g/mol. The van der Waals surface area contributed by atoms with Gasteiger partial charge in [0.15, 0.2) is 5.82 Å². The Balaban J connectivity index is 1.56. The van der Waals surface area contributed by atoms with E-state index >= 15 is 0 Å². The van der Waals surface area contributed by atoms with Crippen molar-refractivity contribution in [1.82, 2.24) is 19.7 Å². The molecule has 0 unspecified atom stereocenters. The Morgan fingerprint density at radius 3 is 2.63 bits per heavy atom. The lowest BCUT2D eigenvalue weighted by Crippen LogP contribution is -2.25. The van der Waals surface area contributed by atoms with Crippen molar-refractivity contribution >= 4 is 17.3 Å². The smallest absolute Gasteiger partial charge is 0.255 e. The highest BCUT2D eigenvalue weighted by Gasteiger charge is 2.16. The van der Waals surface area contributed by atoms with E-state index in [9.17, 15) is 4.79 Å². The Morgan fingerprint density at radius 1 is 1.04 bits per heavy atom. The van der Waals surface area contributed by atoms with Crippen LogP contribution in [-0.4, -0.2) is 38.7 Å². The summed E-state index contributed by atoms with van der Waals surface area (Å²) in [5.41, 5.74) is 2.45. The van der Waals surface area contributed by atoms with Gasteiger partial charge < -0.3 is 10.2 Å². The second-order valence-electron chi connectivity index (χ2n) is 6.62. The Labute approximate surface area is 158 Å². The Kier molecular flexibility index (Phi) is 5.09. The van der Waals surface area contributed by atoms with Crippen molar-refractivity contribution in [3.63, 3.8) is 0 Å². The van der Waals surface area contributed by atoms with E-state index in [1.54, 1.807) is 24.7 Å². The molecule has 1 aliphatic rings. The molecule has 3 heterocycles. The van der Waals surface area contributed by atoms with Gasteiger partial charge in [-0.15, -0.1) is 0 Å². The van der Waals surface area contributed by atoms with E-state index in [4.69, 9.17) is 0 Å². The fourth-order valence-electron chi connectivity index (χ4n) is 3.37. The van der Waals surface area contributed by atoms with E-state index in [2.05, 4.69) is 31.3 Å². The lowest BCUT2D eigenvalue weighted by molar-refractivity contribution is 0.102. The molecule has 138 valence electrons. The number of amides is 1. The van der Waals surface area contributed by atoms with E-state index in [0.29, 0.717) is 11.4 Å². The van der Waals surface area contributed by atoms with Gasteiger partial charge in [-0.05, 0) is 37.1 Å². The topological polar surface area (TPSA) is 75.9 Å². The minimum absolute atomic E-state index is 0.166. The number of para-hydroxylation sites is 2. The van der Waals surface area contributed by atoms with E-state index in [1.165, 1.54) is 36.7 Å². The number of carbonyl (C=O) groups is 1. The highest BCUT2D eigenvalue weighted by atomic mass is 16.1. The van der Waals surface area contributed by atoms with Gasteiger partial charge in [0.25, 0.3) is 5.91 Å². The number of carbonyl (C=O) groups excluding carboxylic acids is 1. The minimum Gasteiger partial charge on any atom is -0.370 e. The first-order valence-corrected chi connectivity index (χ1v) is 9.28. The Morgan fingerprint density at radius 2 is 1.85 bits per heavy atom. The van der Waals surface area contributed by atoms with Crippen LogP contribution < -0.4 is 10.2 Å². The maximum Gasteiger partial charge on any atom is 0.255 e. The molecule has 0 radical (unpaired) electrons. The average Bonchev–Trinajstić information content (AvgIpc) is 3.12. The first-order valence-electron chi connectivity index (χ1n) is 9.28. The number of hydrogen-bond donors (Lipinski definition) is 1. The maximum absolute atomic E-state index is 12.8. The second kappa shape index (κ2) is 7.99. The van der Waals surface area contributed by atoms with Crippen molar-refractivity contribution in [1.29, 1.82) is 0 Å². The molecule has 1 fully saturated rings. The molecule has 1 N–H and O–H groups in total. The van der Waals surface area contributed by atoms with Crippen LogP contribution in [0.4, 0.5) is 11.4 Å². The van der Waals surface area contributed by atoms with Crippen molar-refractivity contribution in [2.45, 2.75) is 25.7 Å². The molecule has 1 saturated heterocycles. The molecule has 0 saturated carbocycles. The highest BCUT2D eigenvalue weighted by molar-refractivity contribution is 6.06. The first-order chi connectivity index (χ1) is 13.3. The quantitative estimate of drug-likeness (QED) is 0.771. The summed E-state index contributed by atoms with van der Waals surface area (Å²) in [5.74, 6) is 0.391. The van der Waals surface area contributed by atoms with Crippen LogP contribution in [0, 0.1) is 0 Å². The molecule has 0 bridgehead atoms. The molecular formula is C20H22N6O. The normalized spacial score (nSPS) is 14.6. The molecule has 0 aliphatic carbocycles. The van der Waals surface area contributed by atoms with Gasteiger partial charge in [-0.25, -0.2) is 14.6 Å². The van der Waals surface area contributed by atoms with Crippen LogP contribution in [-0.2, 0) is 0 Å². The summed E-state index contributed by atoms with van der Waals surface area (Å²) >= 11 is 0. The summed E-state index contributed by atoms with van der Waals surface area (Å²) < 4.78 is 1.53. The molecule has 0 spiro atoms. The molecular weight excluding hydrogens is 340 g/mol. The molecule has 1 aliphatic heterocycles. The van der Waals surface area contributed by atoms with Crippen LogP contribution in [0.5, 0.6) is 0 Å². The minimum atomic E-state index is -0.166. The van der Waals surface area contributed by atoms with Crippen LogP contribution >= 0.6 is 0 Å². The summed E-state index contributed by atoms with van der Waals surface area (Å²) in [4.78, 5) is 23.4. The van der Waals surface area contributed by atoms with Gasteiger partial charge in [-0.3, -0.25) is 4.79 Å². The average molecular weight is 362 g/mol. The third-order valence-electron chi connectivity index (χ3n) is 4.76. The maximum atomic E-state index is 12.8. The van der Waals surface area contributed by atoms with E-state index in [1.807, 2.05) is 18.2 Å². The summed E-state index contributed by atoms with van der Waals surface area (Å²) in [6, 6.07) is 11.4. The lowest BCUT2D eigenvalue weighted by atomic mass is 10.2. The van der Waals surface area contributed by atoms with Crippen molar-refractivity contribution in [2.24, 2.45) is 0 Å². The van der Waals surface area contributed by atoms with E-state index in [0.717, 1.165) is 24.5 Å². The van der Waals surface area contributed by atoms with Gasteiger partial charge in [0, 0.05) is 24.8 Å². The predicted octanol–water partition coefficient (Wildman–Crippen LogP) is 3.30.